The summed E-state index contributed by atoms with van der Waals surface area (Å²) in [7, 11) is 0. The number of imide groups is 1. The Balaban J connectivity index is 1.31. The molecule has 1 unspecified atom stereocenters. The maximum Gasteiger partial charge on any atom is 0.411 e. The van der Waals surface area contributed by atoms with Gasteiger partial charge in [0.15, 0.2) is 0 Å². The summed E-state index contributed by atoms with van der Waals surface area (Å²) in [6.07, 6.45) is 1.86. The molecular formula is C26H25ClN4O5. The highest BCUT2D eigenvalue weighted by molar-refractivity contribution is 6.31. The lowest BCUT2D eigenvalue weighted by atomic mass is 10.0. The standard InChI is InChI=1S/C26H25ClN4O5/c1-15-6-8-19(13-20(15)27)30-26(35)36-11-10-17-4-3-5-18(12-17)29-21-14-23(32)31(25(21)34)22-9-7-16(2)28-24(22)33/h3-6,8,12-14,22,29H,2,7,9-11H2,1H3,(H,28,33)(H,30,35). The Hall–Kier alpha value is -4.11. The number of amides is 4. The molecule has 2 heterocycles. The van der Waals surface area contributed by atoms with Crippen molar-refractivity contribution in [2.24, 2.45) is 0 Å². The van der Waals surface area contributed by atoms with Crippen LogP contribution < -0.4 is 16.0 Å². The monoisotopic (exact) mass is 508 g/mol. The van der Waals surface area contributed by atoms with Crippen LogP contribution in [0, 0.1) is 6.92 Å². The fraction of sp³-hybridized carbons (Fsp3) is 0.231. The Bertz CT molecular complexity index is 1290. The van der Waals surface area contributed by atoms with E-state index in [4.69, 9.17) is 16.3 Å². The SMILES string of the molecule is C=C1CCC(N2C(=O)C=C(Nc3cccc(CCOC(=O)Nc4ccc(C)c(Cl)c4)c3)C2=O)C(=O)N1. The van der Waals surface area contributed by atoms with Crippen molar-refractivity contribution in [3.8, 4) is 0 Å². The summed E-state index contributed by atoms with van der Waals surface area (Å²) in [6.45, 7) is 5.71. The van der Waals surface area contributed by atoms with E-state index >= 15 is 0 Å². The topological polar surface area (TPSA) is 117 Å². The normalized spacial score (nSPS) is 17.6. The van der Waals surface area contributed by atoms with Crippen molar-refractivity contribution in [3.63, 3.8) is 0 Å². The first kappa shape index (κ1) is 25.0. The van der Waals surface area contributed by atoms with Crippen LogP contribution in [0.25, 0.3) is 0 Å². The summed E-state index contributed by atoms with van der Waals surface area (Å²) < 4.78 is 5.25. The van der Waals surface area contributed by atoms with Gasteiger partial charge in [0.1, 0.15) is 11.7 Å². The van der Waals surface area contributed by atoms with Crippen molar-refractivity contribution < 1.29 is 23.9 Å². The van der Waals surface area contributed by atoms with Gasteiger partial charge < -0.3 is 15.4 Å². The van der Waals surface area contributed by atoms with Crippen LogP contribution in [0.4, 0.5) is 16.2 Å². The zero-order valence-electron chi connectivity index (χ0n) is 19.6. The highest BCUT2D eigenvalue weighted by atomic mass is 35.5. The van der Waals surface area contributed by atoms with Crippen molar-refractivity contribution in [1.29, 1.82) is 0 Å². The lowest BCUT2D eigenvalue weighted by Gasteiger charge is -2.29. The summed E-state index contributed by atoms with van der Waals surface area (Å²) >= 11 is 6.07. The van der Waals surface area contributed by atoms with Crippen molar-refractivity contribution in [1.82, 2.24) is 10.2 Å². The number of hydrogen-bond donors (Lipinski definition) is 3. The molecule has 186 valence electrons. The largest absolute Gasteiger partial charge is 0.449 e. The quantitative estimate of drug-likeness (QED) is 0.488. The van der Waals surface area contributed by atoms with Gasteiger partial charge in [-0.05, 0) is 55.2 Å². The Kier molecular flexibility index (Phi) is 7.40. The van der Waals surface area contributed by atoms with Crippen LogP contribution in [0.1, 0.15) is 24.0 Å². The second-order valence-electron chi connectivity index (χ2n) is 8.52. The van der Waals surface area contributed by atoms with Gasteiger partial charge in [-0.15, -0.1) is 0 Å². The molecule has 0 bridgehead atoms. The van der Waals surface area contributed by atoms with E-state index in [1.54, 1.807) is 36.4 Å². The maximum absolute atomic E-state index is 12.9. The van der Waals surface area contributed by atoms with Crippen LogP contribution in [0.5, 0.6) is 0 Å². The maximum atomic E-state index is 12.9. The van der Waals surface area contributed by atoms with Crippen LogP contribution in [0.3, 0.4) is 0 Å². The fourth-order valence-electron chi connectivity index (χ4n) is 3.92. The van der Waals surface area contributed by atoms with E-state index in [1.165, 1.54) is 6.08 Å². The molecule has 0 aliphatic carbocycles. The fourth-order valence-corrected chi connectivity index (χ4v) is 4.10. The van der Waals surface area contributed by atoms with Crippen molar-refractivity contribution in [2.45, 2.75) is 32.2 Å². The first-order chi connectivity index (χ1) is 17.2. The smallest absolute Gasteiger partial charge is 0.411 e. The first-order valence-corrected chi connectivity index (χ1v) is 11.7. The number of aryl methyl sites for hydroxylation is 1. The molecule has 0 saturated carbocycles. The number of hydrogen-bond acceptors (Lipinski definition) is 6. The minimum atomic E-state index is -0.864. The molecule has 2 aliphatic rings. The minimum absolute atomic E-state index is 0.0849. The third kappa shape index (κ3) is 5.75. The molecule has 10 heteroatoms. The summed E-state index contributed by atoms with van der Waals surface area (Å²) in [5.41, 5.74) is 3.53. The van der Waals surface area contributed by atoms with E-state index in [0.29, 0.717) is 41.4 Å². The molecule has 4 rings (SSSR count). The molecule has 1 saturated heterocycles. The van der Waals surface area contributed by atoms with E-state index in [1.807, 2.05) is 13.0 Å². The van der Waals surface area contributed by atoms with Gasteiger partial charge in [0.2, 0.25) is 5.91 Å². The number of halogens is 1. The van der Waals surface area contributed by atoms with E-state index in [2.05, 4.69) is 22.5 Å². The van der Waals surface area contributed by atoms with Gasteiger partial charge in [-0.25, -0.2) is 4.79 Å². The van der Waals surface area contributed by atoms with Crippen LogP contribution in [0.15, 0.2) is 66.5 Å². The number of nitrogens with one attached hydrogen (secondary N) is 3. The molecule has 1 fully saturated rings. The van der Waals surface area contributed by atoms with Gasteiger partial charge >= 0.3 is 6.09 Å². The van der Waals surface area contributed by atoms with E-state index < -0.39 is 29.9 Å². The number of allylic oxidation sites excluding steroid dienone is 1. The Morgan fingerprint density at radius 1 is 1.19 bits per heavy atom. The summed E-state index contributed by atoms with van der Waals surface area (Å²) in [4.78, 5) is 50.6. The number of carbonyl (C=O) groups excluding carboxylic acids is 4. The third-order valence-electron chi connectivity index (χ3n) is 5.84. The molecule has 0 radical (unpaired) electrons. The number of nitrogens with zero attached hydrogens (tertiary/aromatic N) is 1. The average Bonchev–Trinajstić information content (AvgIpc) is 3.09. The van der Waals surface area contributed by atoms with Crippen molar-refractivity contribution in [2.75, 3.05) is 17.2 Å². The molecular weight excluding hydrogens is 484 g/mol. The van der Waals surface area contributed by atoms with Crippen LogP contribution in [-0.2, 0) is 25.5 Å². The molecule has 0 aromatic heterocycles. The van der Waals surface area contributed by atoms with E-state index in [9.17, 15) is 19.2 Å². The minimum Gasteiger partial charge on any atom is -0.449 e. The molecule has 0 spiro atoms. The van der Waals surface area contributed by atoms with Gasteiger partial charge in [-0.2, -0.15) is 0 Å². The van der Waals surface area contributed by atoms with Gasteiger partial charge in [0.25, 0.3) is 11.8 Å². The number of carbonyl (C=O) groups is 4. The Morgan fingerprint density at radius 2 is 2.00 bits per heavy atom. The predicted octanol–water partition coefficient (Wildman–Crippen LogP) is 3.90. The summed E-state index contributed by atoms with van der Waals surface area (Å²) in [5.74, 6) is -1.52. The van der Waals surface area contributed by atoms with Gasteiger partial charge in [-0.1, -0.05) is 36.4 Å². The van der Waals surface area contributed by atoms with Crippen LogP contribution in [0.2, 0.25) is 5.02 Å². The lowest BCUT2D eigenvalue weighted by molar-refractivity contribution is -0.146. The summed E-state index contributed by atoms with van der Waals surface area (Å²) in [5, 5.41) is 8.73. The zero-order chi connectivity index (χ0) is 25.8. The highest BCUT2D eigenvalue weighted by Crippen LogP contribution is 2.25. The average molecular weight is 509 g/mol. The zero-order valence-corrected chi connectivity index (χ0v) is 20.4. The molecule has 36 heavy (non-hydrogen) atoms. The molecule has 1 atom stereocenters. The molecule has 4 amide bonds. The number of anilines is 2. The molecule has 2 aliphatic heterocycles. The molecule has 2 aromatic carbocycles. The van der Waals surface area contributed by atoms with Crippen LogP contribution in [-0.4, -0.2) is 41.4 Å². The van der Waals surface area contributed by atoms with E-state index in [0.717, 1.165) is 16.0 Å². The number of benzene rings is 2. The third-order valence-corrected chi connectivity index (χ3v) is 6.24. The molecule has 2 aromatic rings. The van der Waals surface area contributed by atoms with Gasteiger partial charge in [0.05, 0.1) is 6.61 Å². The summed E-state index contributed by atoms with van der Waals surface area (Å²) in [6, 6.07) is 11.5. The second-order valence-corrected chi connectivity index (χ2v) is 8.93. The van der Waals surface area contributed by atoms with E-state index in [-0.39, 0.29) is 12.3 Å². The first-order valence-electron chi connectivity index (χ1n) is 11.3. The predicted molar refractivity (Wildman–Crippen MR) is 135 cm³/mol. The molecule has 3 N–H and O–H groups in total. The second kappa shape index (κ2) is 10.7. The number of rotatable bonds is 7. The van der Waals surface area contributed by atoms with Gasteiger partial charge in [0, 0.05) is 34.6 Å². The highest BCUT2D eigenvalue weighted by Gasteiger charge is 2.41. The Labute approximate surface area is 213 Å². The molecule has 9 nitrogen and oxygen atoms in total. The van der Waals surface area contributed by atoms with Gasteiger partial charge in [-0.3, -0.25) is 24.6 Å². The lowest BCUT2D eigenvalue weighted by Crippen LogP contribution is -2.52. The van der Waals surface area contributed by atoms with Crippen molar-refractivity contribution >= 4 is 46.8 Å². The number of piperidine rings is 1. The van der Waals surface area contributed by atoms with Crippen LogP contribution >= 0.6 is 11.6 Å². The van der Waals surface area contributed by atoms with Crippen molar-refractivity contribution in [3.05, 3.63) is 82.7 Å². The Morgan fingerprint density at radius 3 is 2.75 bits per heavy atom. The number of ether oxygens (including phenoxy) is 1.